The summed E-state index contributed by atoms with van der Waals surface area (Å²) in [7, 11) is 3.10. The minimum absolute atomic E-state index is 0.184. The number of hydrogen-bond donors (Lipinski definition) is 1. The third-order valence-electron chi connectivity index (χ3n) is 8.50. The van der Waals surface area contributed by atoms with Crippen LogP contribution in [0.2, 0.25) is 0 Å². The maximum atomic E-state index is 14.0. The molecule has 3 saturated heterocycles. The number of nitriles is 1. The number of amides is 2. The van der Waals surface area contributed by atoms with Gasteiger partial charge in [-0.3, -0.25) is 9.59 Å². The van der Waals surface area contributed by atoms with Crippen LogP contribution < -0.4 is 19.1 Å². The lowest BCUT2D eigenvalue weighted by Crippen LogP contribution is -2.49. The maximum Gasteiger partial charge on any atom is 0.240 e. The maximum absolute atomic E-state index is 14.0. The first-order valence-corrected chi connectivity index (χ1v) is 12.8. The molecule has 1 N–H and O–H groups in total. The second-order valence-electron chi connectivity index (χ2n) is 10.5. The molecule has 3 fully saturated rings. The van der Waals surface area contributed by atoms with Crippen LogP contribution in [0.3, 0.4) is 0 Å². The summed E-state index contributed by atoms with van der Waals surface area (Å²) in [5.74, 6) is -0.690. The van der Waals surface area contributed by atoms with Crippen molar-refractivity contribution in [2.24, 2.45) is 11.8 Å². The normalized spacial score (nSPS) is 29.0. The molecule has 1 unspecified atom stereocenters. The van der Waals surface area contributed by atoms with Gasteiger partial charge in [0.2, 0.25) is 11.8 Å². The van der Waals surface area contributed by atoms with Crippen LogP contribution in [0.15, 0.2) is 54.6 Å². The minimum atomic E-state index is -1.20. The third-order valence-corrected chi connectivity index (χ3v) is 8.50. The van der Waals surface area contributed by atoms with E-state index in [9.17, 15) is 20.0 Å². The van der Waals surface area contributed by atoms with Crippen molar-refractivity contribution in [3.8, 4) is 23.3 Å². The Kier molecular flexibility index (Phi) is 5.79. The molecule has 3 aromatic carbocycles. The molecule has 3 aromatic rings. The number of imide groups is 1. The van der Waals surface area contributed by atoms with Crippen molar-refractivity contribution in [1.29, 1.82) is 5.26 Å². The van der Waals surface area contributed by atoms with Crippen LogP contribution in [0, 0.1) is 23.2 Å². The Morgan fingerprint density at radius 3 is 2.31 bits per heavy atom. The summed E-state index contributed by atoms with van der Waals surface area (Å²) in [6.07, 6.45) is -0.400. The van der Waals surface area contributed by atoms with Gasteiger partial charge in [-0.05, 0) is 19.1 Å². The van der Waals surface area contributed by atoms with Crippen molar-refractivity contribution < 1.29 is 33.6 Å². The van der Waals surface area contributed by atoms with Crippen molar-refractivity contribution >= 4 is 28.3 Å². The lowest BCUT2D eigenvalue weighted by Gasteiger charge is -2.33. The Labute approximate surface area is 225 Å². The van der Waals surface area contributed by atoms with Crippen LogP contribution in [-0.2, 0) is 14.3 Å². The van der Waals surface area contributed by atoms with Gasteiger partial charge in [0.05, 0.1) is 61.7 Å². The number of aliphatic hydroxyl groups is 1. The van der Waals surface area contributed by atoms with Crippen LogP contribution in [0.5, 0.6) is 17.2 Å². The van der Waals surface area contributed by atoms with Crippen molar-refractivity contribution in [1.82, 2.24) is 0 Å². The van der Waals surface area contributed by atoms with E-state index in [2.05, 4.69) is 6.07 Å². The quantitative estimate of drug-likeness (QED) is 0.462. The summed E-state index contributed by atoms with van der Waals surface area (Å²) in [4.78, 5) is 29.2. The molecule has 0 spiro atoms. The number of ether oxygens (including phenoxy) is 4. The molecule has 6 rings (SSSR count). The standard InChI is InChI=1S/C30H28N2O7/c1-29-24(33)15-30(39-29,10-11-38-20-13-18(36-2)12-19(14-20)37-3)26-25(29)27(34)32(28(26)35)23-9-8-17(16-31)21-6-4-5-7-22(21)23/h4-9,12-14,24-26,33H,10-11,15H2,1-3H3/t24?,25-,26+,29-,30+/m0/s1. The Morgan fingerprint density at radius 2 is 1.64 bits per heavy atom. The summed E-state index contributed by atoms with van der Waals surface area (Å²) in [6.45, 7) is 1.90. The summed E-state index contributed by atoms with van der Waals surface area (Å²) in [5.41, 5.74) is -1.37. The number of fused-ring (bicyclic) bond motifs is 6. The van der Waals surface area contributed by atoms with Gasteiger partial charge in [0, 0.05) is 41.8 Å². The van der Waals surface area contributed by atoms with E-state index in [0.717, 1.165) is 0 Å². The Balaban J connectivity index is 1.33. The number of carbonyl (C=O) groups excluding carboxylic acids is 2. The zero-order valence-electron chi connectivity index (χ0n) is 21.8. The van der Waals surface area contributed by atoms with Crippen molar-refractivity contribution in [3.05, 3.63) is 60.2 Å². The van der Waals surface area contributed by atoms with Crippen LogP contribution in [0.1, 0.15) is 25.3 Å². The fraction of sp³-hybridized carbons (Fsp3) is 0.367. The van der Waals surface area contributed by atoms with E-state index >= 15 is 0 Å². The molecule has 2 bridgehead atoms. The summed E-state index contributed by atoms with van der Waals surface area (Å²) in [6, 6.07) is 17.9. The van der Waals surface area contributed by atoms with Crippen LogP contribution in [-0.4, -0.2) is 55.1 Å². The Hall–Kier alpha value is -4.13. The average molecular weight is 529 g/mol. The number of methoxy groups -OCH3 is 2. The second kappa shape index (κ2) is 8.97. The zero-order chi connectivity index (χ0) is 27.5. The molecule has 3 heterocycles. The lowest BCUT2D eigenvalue weighted by molar-refractivity contribution is -0.134. The van der Waals surface area contributed by atoms with E-state index in [0.29, 0.717) is 45.7 Å². The Morgan fingerprint density at radius 1 is 1.00 bits per heavy atom. The number of benzene rings is 3. The van der Waals surface area contributed by atoms with Crippen molar-refractivity contribution in [3.63, 3.8) is 0 Å². The van der Waals surface area contributed by atoms with Crippen molar-refractivity contribution in [2.45, 2.75) is 37.1 Å². The Bertz CT molecular complexity index is 1530. The van der Waals surface area contributed by atoms with Crippen LogP contribution in [0.4, 0.5) is 5.69 Å². The van der Waals surface area contributed by atoms with Gasteiger partial charge < -0.3 is 24.1 Å². The third kappa shape index (κ3) is 3.59. The molecule has 39 heavy (non-hydrogen) atoms. The predicted molar refractivity (Wildman–Crippen MR) is 141 cm³/mol. The lowest BCUT2D eigenvalue weighted by atomic mass is 9.66. The van der Waals surface area contributed by atoms with Gasteiger partial charge in [-0.1, -0.05) is 24.3 Å². The van der Waals surface area contributed by atoms with E-state index in [1.165, 1.54) is 4.90 Å². The molecule has 9 heteroatoms. The summed E-state index contributed by atoms with van der Waals surface area (Å²) >= 11 is 0. The van der Waals surface area contributed by atoms with Gasteiger partial charge in [-0.15, -0.1) is 0 Å². The van der Waals surface area contributed by atoms with E-state index in [1.807, 2.05) is 12.1 Å². The van der Waals surface area contributed by atoms with Crippen LogP contribution in [0.25, 0.3) is 10.8 Å². The van der Waals surface area contributed by atoms with Gasteiger partial charge in [-0.25, -0.2) is 4.90 Å². The molecule has 2 amide bonds. The molecular weight excluding hydrogens is 500 g/mol. The van der Waals surface area contributed by atoms with E-state index in [-0.39, 0.29) is 18.9 Å². The van der Waals surface area contributed by atoms with Gasteiger partial charge >= 0.3 is 0 Å². The topological polar surface area (TPSA) is 118 Å². The first-order chi connectivity index (χ1) is 18.8. The number of carbonyl (C=O) groups is 2. The smallest absolute Gasteiger partial charge is 0.240 e. The van der Waals surface area contributed by atoms with Crippen molar-refractivity contribution in [2.75, 3.05) is 25.7 Å². The first-order valence-electron chi connectivity index (χ1n) is 12.8. The highest BCUT2D eigenvalue weighted by molar-refractivity contribution is 6.26. The fourth-order valence-electron chi connectivity index (χ4n) is 6.64. The molecule has 3 aliphatic heterocycles. The number of anilines is 1. The number of nitrogens with zero attached hydrogens (tertiary/aromatic N) is 2. The van der Waals surface area contributed by atoms with E-state index in [4.69, 9.17) is 18.9 Å². The summed E-state index contributed by atoms with van der Waals surface area (Å²) in [5, 5.41) is 21.9. The number of aliphatic hydroxyl groups excluding tert-OH is 1. The highest BCUT2D eigenvalue weighted by atomic mass is 16.6. The molecule has 0 aliphatic carbocycles. The first kappa shape index (κ1) is 25.2. The monoisotopic (exact) mass is 528 g/mol. The summed E-state index contributed by atoms with van der Waals surface area (Å²) < 4.78 is 23.0. The molecule has 0 aromatic heterocycles. The second-order valence-corrected chi connectivity index (χ2v) is 10.5. The van der Waals surface area contributed by atoms with Gasteiger partial charge in [0.15, 0.2) is 0 Å². The average Bonchev–Trinajstić information content (AvgIpc) is 3.48. The van der Waals surface area contributed by atoms with Crippen LogP contribution >= 0.6 is 0 Å². The number of hydrogen-bond acceptors (Lipinski definition) is 8. The zero-order valence-corrected chi connectivity index (χ0v) is 21.8. The van der Waals surface area contributed by atoms with Gasteiger partial charge in [0.25, 0.3) is 0 Å². The molecule has 0 saturated carbocycles. The fourth-order valence-corrected chi connectivity index (χ4v) is 6.64. The molecule has 0 radical (unpaired) electrons. The SMILES string of the molecule is COc1cc(OC)cc(OCC[C@]23CC(O)[C@](C)(O2)[C@@H]2C(=O)N(c4ccc(C#N)c5ccccc45)C(=O)[C@@H]23)c1. The highest BCUT2D eigenvalue weighted by Gasteiger charge is 2.77. The van der Waals surface area contributed by atoms with Gasteiger partial charge in [0.1, 0.15) is 22.8 Å². The van der Waals surface area contributed by atoms with E-state index in [1.54, 1.807) is 63.6 Å². The highest BCUT2D eigenvalue weighted by Crippen LogP contribution is 2.62. The molecule has 5 atom stereocenters. The predicted octanol–water partition coefficient (Wildman–Crippen LogP) is 3.60. The largest absolute Gasteiger partial charge is 0.496 e. The van der Waals surface area contributed by atoms with Gasteiger partial charge in [-0.2, -0.15) is 5.26 Å². The number of rotatable bonds is 7. The molecule has 3 aliphatic rings. The molecular formula is C30H28N2O7. The minimum Gasteiger partial charge on any atom is -0.496 e. The molecule has 200 valence electrons. The molecule has 9 nitrogen and oxygen atoms in total. The van der Waals surface area contributed by atoms with E-state index < -0.39 is 35.0 Å².